The number of nitrogens with one attached hydrogen (secondary N) is 1. The van der Waals surface area contributed by atoms with Crippen molar-refractivity contribution in [2.45, 2.75) is 44.3 Å². The zero-order valence-corrected chi connectivity index (χ0v) is 13.2. The molecule has 1 heterocycles. The highest BCUT2D eigenvalue weighted by Gasteiger charge is 2.50. The van der Waals surface area contributed by atoms with Crippen LogP contribution in [0.25, 0.3) is 0 Å². The molecule has 1 aromatic rings. The topological polar surface area (TPSA) is 75.1 Å². The number of carboxylic acids is 1. The molecule has 0 saturated heterocycles. The third-order valence-electron chi connectivity index (χ3n) is 4.14. The fraction of sp³-hybridized carbons (Fsp3) is 0.643. The van der Waals surface area contributed by atoms with Gasteiger partial charge in [-0.2, -0.15) is 0 Å². The number of carboxylic acid groups (broad SMARTS) is 1. The Bertz CT molecular complexity index is 508. The van der Waals surface area contributed by atoms with E-state index < -0.39 is 11.5 Å². The molecule has 1 fully saturated rings. The molecule has 5 nitrogen and oxygen atoms in total. The Kier molecular flexibility index (Phi) is 4.34. The number of likely N-dealkylation sites (N-methyl/N-ethyl adjacent to an activating group) is 1. The van der Waals surface area contributed by atoms with Crippen LogP contribution in [-0.4, -0.2) is 39.4 Å². The van der Waals surface area contributed by atoms with E-state index in [2.05, 4.69) is 15.3 Å². The molecule has 1 aliphatic carbocycles. The van der Waals surface area contributed by atoms with Gasteiger partial charge in [-0.3, -0.25) is 4.79 Å². The number of hydrogen-bond donors (Lipinski definition) is 2. The summed E-state index contributed by atoms with van der Waals surface area (Å²) in [5.74, 6) is -0.119. The smallest absolute Gasteiger partial charge is 0.325 e. The quantitative estimate of drug-likeness (QED) is 0.617. The molecule has 0 aliphatic heterocycles. The van der Waals surface area contributed by atoms with Gasteiger partial charge in [0.25, 0.3) is 0 Å². The van der Waals surface area contributed by atoms with Crippen molar-refractivity contribution in [1.29, 1.82) is 0 Å². The summed E-state index contributed by atoms with van der Waals surface area (Å²) in [6, 6.07) is 0. The zero-order valence-electron chi connectivity index (χ0n) is 12.4. The molecule has 2 rings (SSSR count). The molecular weight excluding hydrogens is 274 g/mol. The van der Waals surface area contributed by atoms with E-state index in [1.54, 1.807) is 7.05 Å². The average Bonchev–Trinajstić information content (AvgIpc) is 3.21. The van der Waals surface area contributed by atoms with Crippen LogP contribution in [0, 0.1) is 26.7 Å². The van der Waals surface area contributed by atoms with Crippen molar-refractivity contribution in [2.75, 3.05) is 12.8 Å². The minimum Gasteiger partial charge on any atom is -0.480 e. The van der Waals surface area contributed by atoms with E-state index in [0.29, 0.717) is 10.9 Å². The normalized spacial score (nSPS) is 17.8. The number of aryl methyl sites for hydroxylation is 2. The molecule has 0 aromatic carbocycles. The van der Waals surface area contributed by atoms with Crippen LogP contribution in [0.3, 0.4) is 0 Å². The SMILES string of the molecule is CNC(CSc1nc(C)c(C)c(C)n1)(C(=O)O)C1CC1. The molecule has 110 valence electrons. The Morgan fingerprint density at radius 2 is 1.90 bits per heavy atom. The molecule has 1 aromatic heterocycles. The van der Waals surface area contributed by atoms with Crippen LogP contribution in [0.5, 0.6) is 0 Å². The molecule has 1 saturated carbocycles. The summed E-state index contributed by atoms with van der Waals surface area (Å²) < 4.78 is 0. The number of carbonyl (C=O) groups is 1. The second-order valence-electron chi connectivity index (χ2n) is 5.39. The van der Waals surface area contributed by atoms with Crippen molar-refractivity contribution in [3.05, 3.63) is 17.0 Å². The van der Waals surface area contributed by atoms with Gasteiger partial charge in [0.15, 0.2) is 5.16 Å². The van der Waals surface area contributed by atoms with Crippen LogP contribution in [-0.2, 0) is 4.79 Å². The molecule has 1 aliphatic rings. The minimum absolute atomic E-state index is 0.213. The Balaban J connectivity index is 2.16. The predicted molar refractivity (Wildman–Crippen MR) is 79.1 cm³/mol. The average molecular weight is 295 g/mol. The number of aliphatic carboxylic acids is 1. The zero-order chi connectivity index (χ0) is 14.9. The van der Waals surface area contributed by atoms with Crippen LogP contribution in [0.15, 0.2) is 5.16 Å². The third-order valence-corrected chi connectivity index (χ3v) is 5.18. The van der Waals surface area contributed by atoms with Crippen molar-refractivity contribution in [1.82, 2.24) is 15.3 Å². The van der Waals surface area contributed by atoms with Crippen molar-refractivity contribution in [2.24, 2.45) is 5.92 Å². The molecular formula is C14H21N3O2S. The van der Waals surface area contributed by atoms with E-state index in [4.69, 9.17) is 0 Å². The van der Waals surface area contributed by atoms with Gasteiger partial charge in [-0.15, -0.1) is 0 Å². The van der Waals surface area contributed by atoms with Gasteiger partial charge in [0.1, 0.15) is 5.54 Å². The first-order chi connectivity index (χ1) is 9.40. The lowest BCUT2D eigenvalue weighted by molar-refractivity contribution is -0.144. The maximum Gasteiger partial charge on any atom is 0.325 e. The second-order valence-corrected chi connectivity index (χ2v) is 6.33. The van der Waals surface area contributed by atoms with Crippen LogP contribution >= 0.6 is 11.8 Å². The monoisotopic (exact) mass is 295 g/mol. The lowest BCUT2D eigenvalue weighted by atomic mass is 9.96. The van der Waals surface area contributed by atoms with Crippen LogP contribution in [0.1, 0.15) is 29.8 Å². The highest BCUT2D eigenvalue weighted by molar-refractivity contribution is 7.99. The highest BCUT2D eigenvalue weighted by Crippen LogP contribution is 2.42. The van der Waals surface area contributed by atoms with E-state index in [1.165, 1.54) is 11.8 Å². The van der Waals surface area contributed by atoms with Gasteiger partial charge in [-0.25, -0.2) is 9.97 Å². The Labute approximate surface area is 123 Å². The summed E-state index contributed by atoms with van der Waals surface area (Å²) >= 11 is 1.42. The molecule has 6 heteroatoms. The van der Waals surface area contributed by atoms with Gasteiger partial charge in [-0.05, 0) is 52.1 Å². The van der Waals surface area contributed by atoms with Gasteiger partial charge in [-0.1, -0.05) is 11.8 Å². The summed E-state index contributed by atoms with van der Waals surface area (Å²) in [6.45, 7) is 5.91. The van der Waals surface area contributed by atoms with Gasteiger partial charge >= 0.3 is 5.97 Å². The molecule has 0 bridgehead atoms. The first-order valence-electron chi connectivity index (χ1n) is 6.77. The maximum absolute atomic E-state index is 11.6. The third kappa shape index (κ3) is 2.81. The Hall–Kier alpha value is -1.14. The molecule has 2 N–H and O–H groups in total. The molecule has 0 amide bonds. The summed E-state index contributed by atoms with van der Waals surface area (Å²) in [5.41, 5.74) is 2.14. The highest BCUT2D eigenvalue weighted by atomic mass is 32.2. The molecule has 0 radical (unpaired) electrons. The number of hydrogen-bond acceptors (Lipinski definition) is 5. The van der Waals surface area contributed by atoms with Gasteiger partial charge in [0.05, 0.1) is 0 Å². The first kappa shape index (κ1) is 15.3. The Morgan fingerprint density at radius 3 is 2.30 bits per heavy atom. The first-order valence-corrected chi connectivity index (χ1v) is 7.76. The maximum atomic E-state index is 11.6. The van der Waals surface area contributed by atoms with E-state index in [-0.39, 0.29) is 5.92 Å². The van der Waals surface area contributed by atoms with Gasteiger partial charge < -0.3 is 10.4 Å². The minimum atomic E-state index is -0.860. The second kappa shape index (κ2) is 5.69. The molecule has 20 heavy (non-hydrogen) atoms. The fourth-order valence-electron chi connectivity index (χ4n) is 2.30. The van der Waals surface area contributed by atoms with Gasteiger partial charge in [0.2, 0.25) is 0 Å². The molecule has 1 atom stereocenters. The number of rotatable bonds is 6. The number of aromatic nitrogens is 2. The molecule has 1 unspecified atom stereocenters. The van der Waals surface area contributed by atoms with Crippen molar-refractivity contribution in [3.63, 3.8) is 0 Å². The number of nitrogens with zero attached hydrogens (tertiary/aromatic N) is 2. The van der Waals surface area contributed by atoms with E-state index in [9.17, 15) is 9.90 Å². The number of thioether (sulfide) groups is 1. The van der Waals surface area contributed by atoms with Crippen LogP contribution < -0.4 is 5.32 Å². The summed E-state index contributed by atoms with van der Waals surface area (Å²) in [5, 5.41) is 13.2. The van der Waals surface area contributed by atoms with Crippen molar-refractivity contribution < 1.29 is 9.90 Å². The van der Waals surface area contributed by atoms with Crippen LogP contribution in [0.4, 0.5) is 0 Å². The predicted octanol–water partition coefficient (Wildman–Crippen LogP) is 1.95. The molecule has 0 spiro atoms. The lowest BCUT2D eigenvalue weighted by Gasteiger charge is -2.28. The van der Waals surface area contributed by atoms with Crippen LogP contribution in [0.2, 0.25) is 0 Å². The fourth-order valence-corrected chi connectivity index (χ4v) is 3.56. The van der Waals surface area contributed by atoms with Crippen molar-refractivity contribution in [3.8, 4) is 0 Å². The summed E-state index contributed by atoms with van der Waals surface area (Å²) in [7, 11) is 1.72. The summed E-state index contributed by atoms with van der Waals surface area (Å²) in [6.07, 6.45) is 1.95. The van der Waals surface area contributed by atoms with Gasteiger partial charge in [0, 0.05) is 17.1 Å². The standard InChI is InChI=1S/C14H21N3O2S/c1-8-9(2)16-13(17-10(8)3)20-7-14(15-4,12(18)19)11-5-6-11/h11,15H,5-7H2,1-4H3,(H,18,19). The van der Waals surface area contributed by atoms with E-state index >= 15 is 0 Å². The Morgan fingerprint density at radius 1 is 1.35 bits per heavy atom. The van der Waals surface area contributed by atoms with Crippen molar-refractivity contribution >= 4 is 17.7 Å². The van der Waals surface area contributed by atoms with E-state index in [1.807, 2.05) is 20.8 Å². The summed E-state index contributed by atoms with van der Waals surface area (Å²) in [4.78, 5) is 20.5. The largest absolute Gasteiger partial charge is 0.480 e. The lowest BCUT2D eigenvalue weighted by Crippen LogP contribution is -2.54. The van der Waals surface area contributed by atoms with E-state index in [0.717, 1.165) is 29.8 Å².